The fraction of sp³-hybridized carbons (Fsp3) is 0.316. The quantitative estimate of drug-likeness (QED) is 0.777. The summed E-state index contributed by atoms with van der Waals surface area (Å²) < 4.78 is 32.7. The molecule has 0 aliphatic carbocycles. The fourth-order valence-electron chi connectivity index (χ4n) is 2.33. The van der Waals surface area contributed by atoms with E-state index in [0.29, 0.717) is 23.5 Å². The van der Waals surface area contributed by atoms with Crippen LogP contribution in [0.2, 0.25) is 0 Å². The van der Waals surface area contributed by atoms with Crippen LogP contribution in [0.15, 0.2) is 47.4 Å². The van der Waals surface area contributed by atoms with Crippen LogP contribution in [0.4, 0.5) is 5.69 Å². The van der Waals surface area contributed by atoms with E-state index < -0.39 is 10.0 Å². The topological polar surface area (TPSA) is 84.5 Å². The normalized spacial score (nSPS) is 11.4. The summed E-state index contributed by atoms with van der Waals surface area (Å²) >= 11 is 0. The van der Waals surface area contributed by atoms with Gasteiger partial charge in [0.25, 0.3) is 5.91 Å². The molecule has 26 heavy (non-hydrogen) atoms. The van der Waals surface area contributed by atoms with Gasteiger partial charge in [0, 0.05) is 12.1 Å². The van der Waals surface area contributed by atoms with Crippen LogP contribution in [-0.4, -0.2) is 28.0 Å². The first-order valence-electron chi connectivity index (χ1n) is 8.29. The van der Waals surface area contributed by atoms with Gasteiger partial charge in [-0.2, -0.15) is 0 Å². The Morgan fingerprint density at radius 1 is 1.15 bits per heavy atom. The molecule has 0 saturated heterocycles. The Labute approximate surface area is 154 Å². The van der Waals surface area contributed by atoms with E-state index in [0.717, 1.165) is 5.56 Å². The lowest BCUT2D eigenvalue weighted by Crippen LogP contribution is -2.27. The van der Waals surface area contributed by atoms with Gasteiger partial charge in [-0.05, 0) is 42.7 Å². The maximum Gasteiger partial charge on any atom is 0.256 e. The van der Waals surface area contributed by atoms with Crippen LogP contribution >= 0.6 is 0 Å². The zero-order valence-corrected chi connectivity index (χ0v) is 16.2. The number of carbonyl (C=O) groups is 1. The fourth-order valence-corrected chi connectivity index (χ4v) is 3.57. The molecule has 1 amide bonds. The van der Waals surface area contributed by atoms with Crippen molar-refractivity contribution in [1.82, 2.24) is 4.72 Å². The maximum absolute atomic E-state index is 12.5. The van der Waals surface area contributed by atoms with Crippen molar-refractivity contribution in [3.8, 4) is 5.75 Å². The zero-order valence-electron chi connectivity index (χ0n) is 15.4. The SMILES string of the molecule is COc1ccc(S(=O)(=O)NCC(C)C)cc1NC(=O)c1ccccc1C. The van der Waals surface area contributed by atoms with Gasteiger partial charge in [-0.3, -0.25) is 4.79 Å². The molecule has 0 atom stereocenters. The van der Waals surface area contributed by atoms with Gasteiger partial charge in [0.1, 0.15) is 5.75 Å². The molecule has 140 valence electrons. The number of hydrogen-bond acceptors (Lipinski definition) is 4. The lowest BCUT2D eigenvalue weighted by Gasteiger charge is -2.14. The molecule has 0 radical (unpaired) electrons. The molecular formula is C19H24N2O4S. The van der Waals surface area contributed by atoms with E-state index in [1.807, 2.05) is 32.9 Å². The molecule has 0 bridgehead atoms. The third-order valence-electron chi connectivity index (χ3n) is 3.80. The van der Waals surface area contributed by atoms with Crippen molar-refractivity contribution in [2.75, 3.05) is 19.0 Å². The van der Waals surface area contributed by atoms with Gasteiger partial charge in [-0.1, -0.05) is 32.0 Å². The largest absolute Gasteiger partial charge is 0.495 e. The molecule has 0 spiro atoms. The van der Waals surface area contributed by atoms with E-state index in [1.165, 1.54) is 25.3 Å². The third kappa shape index (κ3) is 4.83. The highest BCUT2D eigenvalue weighted by molar-refractivity contribution is 7.89. The highest BCUT2D eigenvalue weighted by atomic mass is 32.2. The highest BCUT2D eigenvalue weighted by Crippen LogP contribution is 2.28. The van der Waals surface area contributed by atoms with Crippen molar-refractivity contribution in [3.63, 3.8) is 0 Å². The van der Waals surface area contributed by atoms with E-state index in [4.69, 9.17) is 4.74 Å². The first-order valence-corrected chi connectivity index (χ1v) is 9.77. The second-order valence-electron chi connectivity index (χ2n) is 6.38. The Bertz CT molecular complexity index is 892. The molecular weight excluding hydrogens is 352 g/mol. The number of nitrogens with one attached hydrogen (secondary N) is 2. The highest BCUT2D eigenvalue weighted by Gasteiger charge is 2.18. The second kappa shape index (κ2) is 8.33. The summed E-state index contributed by atoms with van der Waals surface area (Å²) in [6.07, 6.45) is 0. The Hall–Kier alpha value is -2.38. The van der Waals surface area contributed by atoms with Gasteiger partial charge in [0.05, 0.1) is 17.7 Å². The Kier molecular flexibility index (Phi) is 6.39. The minimum absolute atomic E-state index is 0.0685. The van der Waals surface area contributed by atoms with E-state index >= 15 is 0 Å². The summed E-state index contributed by atoms with van der Waals surface area (Å²) in [5, 5.41) is 2.74. The van der Waals surface area contributed by atoms with Gasteiger partial charge < -0.3 is 10.1 Å². The van der Waals surface area contributed by atoms with Crippen molar-refractivity contribution in [1.29, 1.82) is 0 Å². The molecule has 0 unspecified atom stereocenters. The minimum atomic E-state index is -3.67. The summed E-state index contributed by atoms with van der Waals surface area (Å²) in [5.41, 5.74) is 1.64. The lowest BCUT2D eigenvalue weighted by atomic mass is 10.1. The maximum atomic E-state index is 12.5. The minimum Gasteiger partial charge on any atom is -0.495 e. The van der Waals surface area contributed by atoms with Crippen LogP contribution in [0.3, 0.4) is 0 Å². The van der Waals surface area contributed by atoms with E-state index in [-0.39, 0.29) is 16.7 Å². The summed E-state index contributed by atoms with van der Waals surface area (Å²) in [6, 6.07) is 11.5. The summed E-state index contributed by atoms with van der Waals surface area (Å²) in [5.74, 6) is 0.240. The third-order valence-corrected chi connectivity index (χ3v) is 5.22. The monoisotopic (exact) mass is 376 g/mol. The molecule has 2 rings (SSSR count). The second-order valence-corrected chi connectivity index (χ2v) is 8.14. The van der Waals surface area contributed by atoms with E-state index in [1.54, 1.807) is 12.1 Å². The standard InChI is InChI=1S/C19H24N2O4S/c1-13(2)12-20-26(23,24)15-9-10-18(25-4)17(11-15)21-19(22)16-8-6-5-7-14(16)3/h5-11,13,20H,12H2,1-4H3,(H,21,22). The zero-order chi connectivity index (χ0) is 19.3. The molecule has 0 aliphatic heterocycles. The Morgan fingerprint density at radius 3 is 2.46 bits per heavy atom. The molecule has 2 aromatic carbocycles. The van der Waals surface area contributed by atoms with Crippen molar-refractivity contribution in [3.05, 3.63) is 53.6 Å². The van der Waals surface area contributed by atoms with Crippen molar-refractivity contribution in [2.45, 2.75) is 25.7 Å². The summed E-state index contributed by atoms with van der Waals surface area (Å²) in [4.78, 5) is 12.6. The van der Waals surface area contributed by atoms with E-state index in [9.17, 15) is 13.2 Å². The molecule has 0 saturated carbocycles. The summed E-state index contributed by atoms with van der Waals surface area (Å²) in [7, 11) is -2.21. The molecule has 0 aromatic heterocycles. The number of aryl methyl sites for hydroxylation is 1. The van der Waals surface area contributed by atoms with Gasteiger partial charge in [0.15, 0.2) is 0 Å². The first kappa shape index (κ1) is 19.9. The van der Waals surface area contributed by atoms with E-state index in [2.05, 4.69) is 10.0 Å². The van der Waals surface area contributed by atoms with Crippen molar-refractivity contribution >= 4 is 21.6 Å². The molecule has 7 heteroatoms. The number of rotatable bonds is 7. The molecule has 0 aliphatic rings. The average molecular weight is 376 g/mol. The number of carbonyl (C=O) groups excluding carboxylic acids is 1. The molecule has 0 fully saturated rings. The number of ether oxygens (including phenoxy) is 1. The van der Waals surface area contributed by atoms with Crippen LogP contribution < -0.4 is 14.8 Å². The number of sulfonamides is 1. The Balaban J connectivity index is 2.33. The van der Waals surface area contributed by atoms with Gasteiger partial charge in [-0.25, -0.2) is 13.1 Å². The molecule has 2 N–H and O–H groups in total. The smallest absolute Gasteiger partial charge is 0.256 e. The molecule has 6 nitrogen and oxygen atoms in total. The van der Waals surface area contributed by atoms with Crippen molar-refractivity contribution in [2.24, 2.45) is 5.92 Å². The molecule has 2 aromatic rings. The predicted molar refractivity (Wildman–Crippen MR) is 102 cm³/mol. The number of methoxy groups -OCH3 is 1. The van der Waals surface area contributed by atoms with Gasteiger partial charge in [0.2, 0.25) is 10.0 Å². The first-order chi connectivity index (χ1) is 12.2. The van der Waals surface area contributed by atoms with Crippen LogP contribution in [-0.2, 0) is 10.0 Å². The molecule has 0 heterocycles. The van der Waals surface area contributed by atoms with Crippen LogP contribution in [0.5, 0.6) is 5.75 Å². The van der Waals surface area contributed by atoms with Crippen LogP contribution in [0.25, 0.3) is 0 Å². The lowest BCUT2D eigenvalue weighted by molar-refractivity contribution is 0.102. The van der Waals surface area contributed by atoms with Crippen LogP contribution in [0, 0.1) is 12.8 Å². The predicted octanol–water partition coefficient (Wildman–Crippen LogP) is 3.19. The Morgan fingerprint density at radius 2 is 1.85 bits per heavy atom. The van der Waals surface area contributed by atoms with Crippen molar-refractivity contribution < 1.29 is 17.9 Å². The number of anilines is 1. The number of amides is 1. The van der Waals surface area contributed by atoms with Gasteiger partial charge >= 0.3 is 0 Å². The summed E-state index contributed by atoms with van der Waals surface area (Å²) in [6.45, 7) is 6.01. The number of benzene rings is 2. The number of hydrogen-bond donors (Lipinski definition) is 2. The van der Waals surface area contributed by atoms with Gasteiger partial charge in [-0.15, -0.1) is 0 Å². The average Bonchev–Trinajstić information content (AvgIpc) is 2.60. The van der Waals surface area contributed by atoms with Crippen LogP contribution in [0.1, 0.15) is 29.8 Å².